The number of aryl methyl sites for hydroxylation is 1. The fraction of sp³-hybridized carbons (Fsp3) is 0.280. The monoisotopic (exact) mass is 419 g/mol. The summed E-state index contributed by atoms with van der Waals surface area (Å²) in [5.41, 5.74) is 3.43. The molecule has 31 heavy (non-hydrogen) atoms. The SMILES string of the molecule is C#Cc1c([C@@H](CC(C(=O)OC)C(=O)OC)c2ccc(OC)cc2)c2ccccc2n1C. The minimum Gasteiger partial charge on any atom is -0.497 e. The maximum absolute atomic E-state index is 12.4. The van der Waals surface area contributed by atoms with E-state index >= 15 is 0 Å². The van der Waals surface area contributed by atoms with Crippen molar-refractivity contribution in [2.75, 3.05) is 21.3 Å². The Balaban J connectivity index is 2.24. The molecule has 160 valence electrons. The van der Waals surface area contributed by atoms with E-state index in [0.29, 0.717) is 11.4 Å². The molecule has 0 saturated heterocycles. The second kappa shape index (κ2) is 9.40. The molecule has 6 nitrogen and oxygen atoms in total. The Morgan fingerprint density at radius 1 is 1.00 bits per heavy atom. The molecule has 0 fully saturated rings. The van der Waals surface area contributed by atoms with Gasteiger partial charge in [0.2, 0.25) is 0 Å². The number of rotatable bonds is 7. The van der Waals surface area contributed by atoms with E-state index in [4.69, 9.17) is 20.6 Å². The molecule has 0 saturated carbocycles. The molecule has 6 heteroatoms. The number of aromatic nitrogens is 1. The van der Waals surface area contributed by atoms with Crippen LogP contribution in [-0.4, -0.2) is 37.8 Å². The van der Waals surface area contributed by atoms with Crippen molar-refractivity contribution in [3.8, 4) is 18.1 Å². The zero-order valence-corrected chi connectivity index (χ0v) is 18.0. The summed E-state index contributed by atoms with van der Waals surface area (Å²) in [4.78, 5) is 24.9. The molecule has 0 unspecified atom stereocenters. The van der Waals surface area contributed by atoms with Gasteiger partial charge in [-0.1, -0.05) is 36.3 Å². The van der Waals surface area contributed by atoms with Crippen molar-refractivity contribution >= 4 is 22.8 Å². The van der Waals surface area contributed by atoms with Gasteiger partial charge in [0.15, 0.2) is 5.92 Å². The predicted molar refractivity (Wildman–Crippen MR) is 118 cm³/mol. The first-order valence-electron chi connectivity index (χ1n) is 9.80. The maximum Gasteiger partial charge on any atom is 0.320 e. The lowest BCUT2D eigenvalue weighted by molar-refractivity contribution is -0.159. The Morgan fingerprint density at radius 2 is 1.61 bits per heavy atom. The summed E-state index contributed by atoms with van der Waals surface area (Å²) in [5.74, 6) is 0.758. The van der Waals surface area contributed by atoms with Gasteiger partial charge in [-0.25, -0.2) is 0 Å². The van der Waals surface area contributed by atoms with Crippen LogP contribution < -0.4 is 4.74 Å². The quantitative estimate of drug-likeness (QED) is 0.332. The van der Waals surface area contributed by atoms with Gasteiger partial charge in [0, 0.05) is 29.4 Å². The lowest BCUT2D eigenvalue weighted by Crippen LogP contribution is -2.28. The maximum atomic E-state index is 12.4. The first-order valence-corrected chi connectivity index (χ1v) is 9.80. The number of carbonyl (C=O) groups is 2. The third-order valence-electron chi connectivity index (χ3n) is 5.59. The van der Waals surface area contributed by atoms with E-state index in [-0.39, 0.29) is 12.3 Å². The molecule has 0 N–H and O–H groups in total. The molecule has 0 aliphatic heterocycles. The van der Waals surface area contributed by atoms with E-state index in [0.717, 1.165) is 22.0 Å². The van der Waals surface area contributed by atoms with Crippen molar-refractivity contribution in [2.24, 2.45) is 13.0 Å². The summed E-state index contributed by atoms with van der Waals surface area (Å²) in [6.45, 7) is 0. The molecule has 0 spiro atoms. The van der Waals surface area contributed by atoms with Crippen LogP contribution in [-0.2, 0) is 26.1 Å². The molecule has 2 aromatic carbocycles. The largest absolute Gasteiger partial charge is 0.497 e. The number of hydrogen-bond donors (Lipinski definition) is 0. The van der Waals surface area contributed by atoms with Crippen LogP contribution in [0.1, 0.15) is 29.2 Å². The van der Waals surface area contributed by atoms with Gasteiger partial charge in [0.25, 0.3) is 0 Å². The molecule has 0 aliphatic carbocycles. The highest BCUT2D eigenvalue weighted by atomic mass is 16.5. The Hall–Kier alpha value is -3.72. The van der Waals surface area contributed by atoms with E-state index in [9.17, 15) is 9.59 Å². The van der Waals surface area contributed by atoms with Crippen molar-refractivity contribution in [3.63, 3.8) is 0 Å². The summed E-state index contributed by atoms with van der Waals surface area (Å²) in [5, 5.41) is 0.965. The van der Waals surface area contributed by atoms with Crippen LogP contribution in [0.15, 0.2) is 48.5 Å². The Morgan fingerprint density at radius 3 is 2.16 bits per heavy atom. The number of hydrogen-bond acceptors (Lipinski definition) is 5. The molecule has 1 atom stereocenters. The number of para-hydroxylation sites is 1. The zero-order chi connectivity index (χ0) is 22.5. The summed E-state index contributed by atoms with van der Waals surface area (Å²) in [6, 6.07) is 15.4. The van der Waals surface area contributed by atoms with Gasteiger partial charge in [0.05, 0.1) is 27.0 Å². The fourth-order valence-corrected chi connectivity index (χ4v) is 4.02. The van der Waals surface area contributed by atoms with Crippen LogP contribution in [0.25, 0.3) is 10.9 Å². The molecule has 0 radical (unpaired) electrons. The molecule has 3 aromatic rings. The van der Waals surface area contributed by atoms with Crippen molar-refractivity contribution in [1.29, 1.82) is 0 Å². The Bertz CT molecular complexity index is 1120. The number of terminal acetylenes is 1. The van der Waals surface area contributed by atoms with Gasteiger partial charge in [-0.2, -0.15) is 0 Å². The number of fused-ring (bicyclic) bond motifs is 1. The summed E-state index contributed by atoms with van der Waals surface area (Å²) in [7, 11) is 6.01. The lowest BCUT2D eigenvalue weighted by Gasteiger charge is -2.22. The second-order valence-corrected chi connectivity index (χ2v) is 7.14. The highest BCUT2D eigenvalue weighted by Crippen LogP contribution is 2.39. The van der Waals surface area contributed by atoms with Crippen molar-refractivity contribution in [2.45, 2.75) is 12.3 Å². The summed E-state index contributed by atoms with van der Waals surface area (Å²) >= 11 is 0. The van der Waals surface area contributed by atoms with Gasteiger partial charge in [-0.3, -0.25) is 9.59 Å². The van der Waals surface area contributed by atoms with Crippen LogP contribution in [0.3, 0.4) is 0 Å². The molecule has 0 amide bonds. The van der Waals surface area contributed by atoms with Gasteiger partial charge in [-0.15, -0.1) is 6.42 Å². The summed E-state index contributed by atoms with van der Waals surface area (Å²) < 4.78 is 17.0. The number of carbonyl (C=O) groups excluding carboxylic acids is 2. The second-order valence-electron chi connectivity index (χ2n) is 7.14. The van der Waals surface area contributed by atoms with Crippen LogP contribution in [0, 0.1) is 18.3 Å². The van der Waals surface area contributed by atoms with E-state index in [1.54, 1.807) is 7.11 Å². The average molecular weight is 419 g/mol. The molecule has 0 aliphatic rings. The average Bonchev–Trinajstić information content (AvgIpc) is 3.10. The normalized spacial score (nSPS) is 11.7. The molecule has 0 bridgehead atoms. The highest BCUT2D eigenvalue weighted by molar-refractivity contribution is 5.95. The van der Waals surface area contributed by atoms with Crippen molar-refractivity contribution in [1.82, 2.24) is 4.57 Å². The van der Waals surface area contributed by atoms with Gasteiger partial charge in [-0.05, 0) is 30.2 Å². The molecule has 1 heterocycles. The Kier molecular flexibility index (Phi) is 6.66. The topological polar surface area (TPSA) is 66.8 Å². The van der Waals surface area contributed by atoms with E-state index in [2.05, 4.69) is 5.92 Å². The number of nitrogens with zero attached hydrogens (tertiary/aromatic N) is 1. The third kappa shape index (κ3) is 4.13. The molecular formula is C25H25NO5. The van der Waals surface area contributed by atoms with Crippen LogP contribution >= 0.6 is 0 Å². The van der Waals surface area contributed by atoms with Gasteiger partial charge >= 0.3 is 11.9 Å². The molecule has 3 rings (SSSR count). The fourth-order valence-electron chi connectivity index (χ4n) is 4.02. The van der Waals surface area contributed by atoms with E-state index in [1.165, 1.54) is 14.2 Å². The predicted octanol–water partition coefficient (Wildman–Crippen LogP) is 3.65. The zero-order valence-electron chi connectivity index (χ0n) is 18.0. The number of esters is 2. The van der Waals surface area contributed by atoms with Crippen molar-refractivity contribution in [3.05, 3.63) is 65.4 Å². The highest BCUT2D eigenvalue weighted by Gasteiger charge is 2.35. The minimum atomic E-state index is -1.09. The third-order valence-corrected chi connectivity index (χ3v) is 5.59. The number of methoxy groups -OCH3 is 3. The standard InChI is InChI=1S/C25H25NO5/c1-6-21-23(18-9-7-8-10-22(18)26(21)2)19(16-11-13-17(29-3)14-12-16)15-20(24(27)30-4)25(28)31-5/h1,7-14,19-20H,15H2,2-5H3/t19-/m0/s1. The smallest absolute Gasteiger partial charge is 0.320 e. The number of ether oxygens (including phenoxy) is 3. The lowest BCUT2D eigenvalue weighted by atomic mass is 9.82. The van der Waals surface area contributed by atoms with Crippen LogP contribution in [0.4, 0.5) is 0 Å². The minimum absolute atomic E-state index is 0.147. The Labute approximate surface area is 181 Å². The van der Waals surface area contributed by atoms with Crippen molar-refractivity contribution < 1.29 is 23.8 Å². The van der Waals surface area contributed by atoms with Gasteiger partial charge in [0.1, 0.15) is 5.75 Å². The van der Waals surface area contributed by atoms with Gasteiger partial charge < -0.3 is 18.8 Å². The number of benzene rings is 2. The van der Waals surface area contributed by atoms with Crippen LogP contribution in [0.5, 0.6) is 5.75 Å². The van der Waals surface area contributed by atoms with Crippen LogP contribution in [0.2, 0.25) is 0 Å². The first kappa shape index (κ1) is 22.0. The first-order chi connectivity index (χ1) is 15.0. The van der Waals surface area contributed by atoms with E-state index < -0.39 is 17.9 Å². The van der Waals surface area contributed by atoms with E-state index in [1.807, 2.05) is 60.1 Å². The molecular weight excluding hydrogens is 394 g/mol. The summed E-state index contributed by atoms with van der Waals surface area (Å²) in [6.07, 6.45) is 6.05. The molecule has 1 aromatic heterocycles.